The molecule has 28 heavy (non-hydrogen) atoms. The van der Waals surface area contributed by atoms with Crippen LogP contribution in [-0.4, -0.2) is 6.16 Å². The SMILES string of the molecule is CCCC/C(C)=C(/F)C[P+](c1ccccc1)(c1ccccc1)c1ccccc1. The van der Waals surface area contributed by atoms with Gasteiger partial charge in [0.2, 0.25) is 0 Å². The lowest BCUT2D eigenvalue weighted by atomic mass is 10.1. The average molecular weight is 391 g/mol. The number of benzene rings is 3. The van der Waals surface area contributed by atoms with E-state index in [-0.39, 0.29) is 5.83 Å². The Balaban J connectivity index is 2.23. The van der Waals surface area contributed by atoms with Crippen molar-refractivity contribution in [3.8, 4) is 0 Å². The van der Waals surface area contributed by atoms with Crippen LogP contribution in [0.3, 0.4) is 0 Å². The average Bonchev–Trinajstić information content (AvgIpc) is 2.77. The Bertz CT molecular complexity index is 789. The first-order valence-corrected chi connectivity index (χ1v) is 12.0. The Labute approximate surface area is 169 Å². The number of hydrogen-bond acceptors (Lipinski definition) is 0. The maximum atomic E-state index is 15.6. The number of allylic oxidation sites excluding steroid dienone is 2. The normalized spacial score (nSPS) is 12.5. The molecule has 0 aromatic heterocycles. The summed E-state index contributed by atoms with van der Waals surface area (Å²) < 4.78 is 15.6. The maximum absolute atomic E-state index is 15.6. The van der Waals surface area contributed by atoms with Crippen LogP contribution in [0.15, 0.2) is 102 Å². The third-order valence-corrected chi connectivity index (χ3v) is 9.63. The van der Waals surface area contributed by atoms with Gasteiger partial charge in [-0.05, 0) is 61.7 Å². The standard InChI is InChI=1S/C26H29FP/c1-3-4-14-22(2)26(27)21-28(23-15-8-5-9-16-23,24-17-10-6-11-18-24)25-19-12-7-13-20-25/h5-13,15-20H,3-4,14,21H2,1-2H3/q+1/b26-22+. The van der Waals surface area contributed by atoms with E-state index >= 15 is 4.39 Å². The first kappa shape index (κ1) is 20.5. The quantitative estimate of drug-likeness (QED) is 0.389. The van der Waals surface area contributed by atoms with E-state index in [0.29, 0.717) is 6.16 Å². The molecule has 0 aliphatic heterocycles. The van der Waals surface area contributed by atoms with Crippen LogP contribution in [0.2, 0.25) is 0 Å². The van der Waals surface area contributed by atoms with Crippen LogP contribution in [0.25, 0.3) is 0 Å². The van der Waals surface area contributed by atoms with Gasteiger partial charge in [-0.2, -0.15) is 0 Å². The fourth-order valence-electron chi connectivity index (χ4n) is 3.69. The van der Waals surface area contributed by atoms with Crippen molar-refractivity contribution in [1.29, 1.82) is 0 Å². The Morgan fingerprint density at radius 3 is 1.46 bits per heavy atom. The van der Waals surface area contributed by atoms with Crippen LogP contribution in [0, 0.1) is 0 Å². The molecule has 2 heteroatoms. The highest BCUT2D eigenvalue weighted by molar-refractivity contribution is 7.95. The van der Waals surface area contributed by atoms with E-state index in [0.717, 1.165) is 24.8 Å². The second kappa shape index (κ2) is 9.80. The van der Waals surface area contributed by atoms with Crippen LogP contribution in [-0.2, 0) is 0 Å². The molecule has 0 N–H and O–H groups in total. The summed E-state index contributed by atoms with van der Waals surface area (Å²) >= 11 is 0. The predicted octanol–water partition coefficient (Wildman–Crippen LogP) is 6.41. The molecule has 0 aliphatic carbocycles. The minimum Gasteiger partial charge on any atom is -0.208 e. The topological polar surface area (TPSA) is 0 Å². The third kappa shape index (κ3) is 4.42. The van der Waals surface area contributed by atoms with Crippen LogP contribution < -0.4 is 15.9 Å². The van der Waals surface area contributed by atoms with Gasteiger partial charge in [-0.25, -0.2) is 4.39 Å². The molecule has 0 aliphatic rings. The Kier molecular flexibility index (Phi) is 7.18. The lowest BCUT2D eigenvalue weighted by molar-refractivity contribution is 0.615. The second-order valence-electron chi connectivity index (χ2n) is 7.26. The molecule has 0 atom stereocenters. The van der Waals surface area contributed by atoms with Crippen LogP contribution in [0.1, 0.15) is 33.1 Å². The molecule has 0 heterocycles. The fourth-order valence-corrected chi connectivity index (χ4v) is 7.86. The van der Waals surface area contributed by atoms with Crippen molar-refractivity contribution in [2.24, 2.45) is 0 Å². The number of halogens is 1. The summed E-state index contributed by atoms with van der Waals surface area (Å²) in [6, 6.07) is 31.5. The smallest absolute Gasteiger partial charge is 0.137 e. The molecule has 0 fully saturated rings. The largest absolute Gasteiger partial charge is 0.208 e. The molecule has 0 amide bonds. The van der Waals surface area contributed by atoms with Gasteiger partial charge in [0.15, 0.2) is 0 Å². The van der Waals surface area contributed by atoms with Gasteiger partial charge in [0.25, 0.3) is 0 Å². The fraction of sp³-hybridized carbons (Fsp3) is 0.231. The first-order valence-electron chi connectivity index (χ1n) is 10.1. The zero-order chi connectivity index (χ0) is 19.8. The zero-order valence-corrected chi connectivity index (χ0v) is 17.7. The van der Waals surface area contributed by atoms with Crippen molar-refractivity contribution in [3.63, 3.8) is 0 Å². The second-order valence-corrected chi connectivity index (χ2v) is 10.7. The minimum absolute atomic E-state index is 0.0540. The summed E-state index contributed by atoms with van der Waals surface area (Å²) in [5, 5.41) is 3.68. The Hall–Kier alpha value is -2.24. The third-order valence-electron chi connectivity index (χ3n) is 5.34. The van der Waals surface area contributed by atoms with Crippen molar-refractivity contribution in [2.45, 2.75) is 33.1 Å². The predicted molar refractivity (Wildman–Crippen MR) is 123 cm³/mol. The summed E-state index contributed by atoms with van der Waals surface area (Å²) in [6.45, 7) is 4.11. The molecule has 3 aromatic rings. The van der Waals surface area contributed by atoms with Gasteiger partial charge in [0.05, 0.1) is 0 Å². The molecule has 0 bridgehead atoms. The van der Waals surface area contributed by atoms with E-state index in [1.165, 1.54) is 15.9 Å². The molecule has 0 saturated carbocycles. The van der Waals surface area contributed by atoms with Gasteiger partial charge in [-0.3, -0.25) is 0 Å². The Morgan fingerprint density at radius 1 is 0.714 bits per heavy atom. The van der Waals surface area contributed by atoms with Crippen molar-refractivity contribution in [3.05, 3.63) is 102 Å². The van der Waals surface area contributed by atoms with Gasteiger partial charge < -0.3 is 0 Å². The number of unbranched alkanes of at least 4 members (excludes halogenated alkanes) is 1. The van der Waals surface area contributed by atoms with E-state index in [2.05, 4.69) is 79.7 Å². The zero-order valence-electron chi connectivity index (χ0n) is 16.8. The number of hydrogen-bond donors (Lipinski definition) is 0. The van der Waals surface area contributed by atoms with Crippen LogP contribution in [0.4, 0.5) is 4.39 Å². The lowest BCUT2D eigenvalue weighted by Gasteiger charge is -2.27. The molecule has 3 rings (SSSR count). The van der Waals surface area contributed by atoms with Gasteiger partial charge in [-0.15, -0.1) is 0 Å². The summed E-state index contributed by atoms with van der Waals surface area (Å²) in [6.07, 6.45) is 3.40. The monoisotopic (exact) mass is 391 g/mol. The summed E-state index contributed by atoms with van der Waals surface area (Å²) in [7, 11) is -2.13. The molecule has 0 spiro atoms. The number of rotatable bonds is 8. The van der Waals surface area contributed by atoms with Crippen molar-refractivity contribution in [2.75, 3.05) is 6.16 Å². The van der Waals surface area contributed by atoms with Crippen LogP contribution in [0.5, 0.6) is 0 Å². The van der Waals surface area contributed by atoms with E-state index in [4.69, 9.17) is 0 Å². The highest BCUT2D eigenvalue weighted by Crippen LogP contribution is 2.57. The molecule has 0 radical (unpaired) electrons. The van der Waals surface area contributed by atoms with Crippen molar-refractivity contribution in [1.82, 2.24) is 0 Å². The molecule has 0 nitrogen and oxygen atoms in total. The van der Waals surface area contributed by atoms with Gasteiger partial charge >= 0.3 is 0 Å². The highest BCUT2D eigenvalue weighted by atomic mass is 31.2. The molecule has 3 aromatic carbocycles. The molecular formula is C26H29FP+. The summed E-state index contributed by atoms with van der Waals surface area (Å²) in [5.41, 5.74) is 0.897. The molecular weight excluding hydrogens is 362 g/mol. The van der Waals surface area contributed by atoms with E-state index < -0.39 is 7.26 Å². The maximum Gasteiger partial charge on any atom is 0.137 e. The van der Waals surface area contributed by atoms with E-state index in [1.54, 1.807) is 0 Å². The van der Waals surface area contributed by atoms with E-state index in [1.807, 2.05) is 25.1 Å². The van der Waals surface area contributed by atoms with E-state index in [9.17, 15) is 0 Å². The molecule has 0 saturated heterocycles. The van der Waals surface area contributed by atoms with Crippen molar-refractivity contribution < 1.29 is 4.39 Å². The van der Waals surface area contributed by atoms with Gasteiger partial charge in [-0.1, -0.05) is 67.9 Å². The minimum atomic E-state index is -2.13. The lowest BCUT2D eigenvalue weighted by Crippen LogP contribution is -2.33. The van der Waals surface area contributed by atoms with Gasteiger partial charge in [0.1, 0.15) is 35.2 Å². The van der Waals surface area contributed by atoms with Crippen molar-refractivity contribution >= 4 is 23.2 Å². The first-order chi connectivity index (χ1) is 13.7. The Morgan fingerprint density at radius 2 is 1.11 bits per heavy atom. The summed E-state index contributed by atoms with van der Waals surface area (Å²) in [4.78, 5) is 0. The molecule has 0 unspecified atom stereocenters. The molecule has 144 valence electrons. The van der Waals surface area contributed by atoms with Crippen LogP contribution >= 0.6 is 7.26 Å². The summed E-state index contributed by atoms with van der Waals surface area (Å²) in [5.74, 6) is 0.0540. The van der Waals surface area contributed by atoms with Gasteiger partial charge in [0, 0.05) is 0 Å². The highest BCUT2D eigenvalue weighted by Gasteiger charge is 2.46.